The van der Waals surface area contributed by atoms with Crippen LogP contribution in [-0.2, 0) is 21.4 Å². The molecule has 0 aliphatic heterocycles. The summed E-state index contributed by atoms with van der Waals surface area (Å²) in [5.74, 6) is -0.340. The highest BCUT2D eigenvalue weighted by Crippen LogP contribution is 2.23. The molecule has 6 nitrogen and oxygen atoms in total. The molecule has 0 atom stereocenters. The lowest BCUT2D eigenvalue weighted by Crippen LogP contribution is -2.40. The average molecular weight is 334 g/mol. The van der Waals surface area contributed by atoms with Crippen LogP contribution < -0.4 is 11.1 Å². The summed E-state index contributed by atoms with van der Waals surface area (Å²) in [5.41, 5.74) is 6.17. The lowest BCUT2D eigenvalue weighted by Gasteiger charge is -2.20. The smallest absolute Gasteiger partial charge is 0.243 e. The van der Waals surface area contributed by atoms with Crippen LogP contribution >= 0.6 is 11.6 Å². The van der Waals surface area contributed by atoms with Gasteiger partial charge in [-0.25, -0.2) is 8.42 Å². The van der Waals surface area contributed by atoms with Gasteiger partial charge in [-0.1, -0.05) is 24.6 Å². The van der Waals surface area contributed by atoms with Gasteiger partial charge in [0.15, 0.2) is 0 Å². The maximum absolute atomic E-state index is 12.5. The standard InChI is InChI=1S/C13H20ClN3O3S/c1-3-16-13(18)9-17(4-2)21(19,20)11-6-5-10(8-15)12(14)7-11/h5-7H,3-4,8-9,15H2,1-2H3,(H,16,18). The van der Waals surface area contributed by atoms with Gasteiger partial charge < -0.3 is 11.1 Å². The normalized spacial score (nSPS) is 11.7. The first kappa shape index (κ1) is 17.9. The summed E-state index contributed by atoms with van der Waals surface area (Å²) < 4.78 is 26.1. The van der Waals surface area contributed by atoms with Crippen LogP contribution in [0.25, 0.3) is 0 Å². The SMILES string of the molecule is CCNC(=O)CN(CC)S(=O)(=O)c1ccc(CN)c(Cl)c1. The third kappa shape index (κ3) is 4.41. The second kappa shape index (κ2) is 7.74. The van der Waals surface area contributed by atoms with E-state index < -0.39 is 10.0 Å². The first-order valence-corrected chi connectivity index (χ1v) is 8.43. The average Bonchev–Trinajstić information content (AvgIpc) is 2.44. The Morgan fingerprint density at radius 1 is 1.38 bits per heavy atom. The van der Waals surface area contributed by atoms with Crippen molar-refractivity contribution in [2.24, 2.45) is 5.73 Å². The van der Waals surface area contributed by atoms with Crippen LogP contribution in [0, 0.1) is 0 Å². The van der Waals surface area contributed by atoms with E-state index in [-0.39, 0.29) is 30.4 Å². The molecule has 21 heavy (non-hydrogen) atoms. The highest BCUT2D eigenvalue weighted by atomic mass is 35.5. The van der Waals surface area contributed by atoms with Gasteiger partial charge in [-0.15, -0.1) is 0 Å². The number of hydrogen-bond acceptors (Lipinski definition) is 4. The Morgan fingerprint density at radius 3 is 2.52 bits per heavy atom. The van der Waals surface area contributed by atoms with Crippen LogP contribution in [0.4, 0.5) is 0 Å². The highest BCUT2D eigenvalue weighted by Gasteiger charge is 2.25. The zero-order valence-corrected chi connectivity index (χ0v) is 13.7. The lowest BCUT2D eigenvalue weighted by molar-refractivity contribution is -0.121. The molecule has 1 rings (SSSR count). The molecule has 0 aliphatic carbocycles. The number of rotatable bonds is 7. The number of halogens is 1. The molecule has 0 bridgehead atoms. The minimum absolute atomic E-state index is 0.0517. The number of benzene rings is 1. The largest absolute Gasteiger partial charge is 0.355 e. The van der Waals surface area contributed by atoms with Gasteiger partial charge in [-0.2, -0.15) is 4.31 Å². The predicted octanol–water partition coefficient (Wildman–Crippen LogP) is 0.945. The van der Waals surface area contributed by atoms with E-state index in [0.29, 0.717) is 17.1 Å². The number of amides is 1. The van der Waals surface area contributed by atoms with Gasteiger partial charge in [0.1, 0.15) is 0 Å². The van der Waals surface area contributed by atoms with E-state index >= 15 is 0 Å². The topological polar surface area (TPSA) is 92.5 Å². The molecule has 0 saturated heterocycles. The molecule has 0 saturated carbocycles. The summed E-state index contributed by atoms with van der Waals surface area (Å²) in [6.07, 6.45) is 0. The second-order valence-electron chi connectivity index (χ2n) is 4.34. The molecule has 1 amide bonds. The summed E-state index contributed by atoms with van der Waals surface area (Å²) in [4.78, 5) is 11.6. The van der Waals surface area contributed by atoms with Crippen molar-refractivity contribution in [3.63, 3.8) is 0 Å². The van der Waals surface area contributed by atoms with E-state index in [1.807, 2.05) is 0 Å². The summed E-state index contributed by atoms with van der Waals surface area (Å²) in [6, 6.07) is 4.39. The number of likely N-dealkylation sites (N-methyl/N-ethyl adjacent to an activating group) is 2. The molecule has 0 spiro atoms. The van der Waals surface area contributed by atoms with Crippen molar-refractivity contribution < 1.29 is 13.2 Å². The molecular weight excluding hydrogens is 314 g/mol. The van der Waals surface area contributed by atoms with Crippen molar-refractivity contribution in [1.29, 1.82) is 0 Å². The predicted molar refractivity (Wildman–Crippen MR) is 82.5 cm³/mol. The molecule has 0 fully saturated rings. The van der Waals surface area contributed by atoms with Gasteiger partial charge in [0.2, 0.25) is 15.9 Å². The summed E-state index contributed by atoms with van der Waals surface area (Å²) in [6.45, 7) is 4.10. The number of carbonyl (C=O) groups excluding carboxylic acids is 1. The van der Waals surface area contributed by atoms with E-state index in [2.05, 4.69) is 5.32 Å². The maximum atomic E-state index is 12.5. The quantitative estimate of drug-likeness (QED) is 0.777. The van der Waals surface area contributed by atoms with E-state index in [4.69, 9.17) is 17.3 Å². The Balaban J connectivity index is 3.07. The fourth-order valence-corrected chi connectivity index (χ4v) is 3.54. The van der Waals surface area contributed by atoms with Gasteiger partial charge in [-0.05, 0) is 24.6 Å². The Hall–Kier alpha value is -1.15. The fraction of sp³-hybridized carbons (Fsp3) is 0.462. The van der Waals surface area contributed by atoms with Crippen molar-refractivity contribution in [2.45, 2.75) is 25.3 Å². The van der Waals surface area contributed by atoms with Crippen LogP contribution in [0.5, 0.6) is 0 Å². The van der Waals surface area contributed by atoms with Gasteiger partial charge in [0.05, 0.1) is 11.4 Å². The summed E-state index contributed by atoms with van der Waals surface area (Å²) >= 11 is 6.00. The number of nitrogens with zero attached hydrogens (tertiary/aromatic N) is 1. The van der Waals surface area contributed by atoms with Crippen LogP contribution in [0.15, 0.2) is 23.1 Å². The molecule has 0 unspecified atom stereocenters. The summed E-state index contributed by atoms with van der Waals surface area (Å²) in [7, 11) is -3.76. The van der Waals surface area contributed by atoms with Crippen LogP contribution in [0.2, 0.25) is 5.02 Å². The molecule has 0 radical (unpaired) electrons. The molecule has 1 aromatic carbocycles. The van der Waals surface area contributed by atoms with E-state index in [1.54, 1.807) is 19.9 Å². The minimum Gasteiger partial charge on any atom is -0.355 e. The second-order valence-corrected chi connectivity index (χ2v) is 6.69. The van der Waals surface area contributed by atoms with Crippen molar-refractivity contribution in [3.05, 3.63) is 28.8 Å². The van der Waals surface area contributed by atoms with Gasteiger partial charge in [0, 0.05) is 24.7 Å². The molecule has 1 aromatic rings. The van der Waals surface area contributed by atoms with Crippen molar-refractivity contribution in [1.82, 2.24) is 9.62 Å². The third-order valence-electron chi connectivity index (χ3n) is 2.93. The Kier molecular flexibility index (Phi) is 6.60. The van der Waals surface area contributed by atoms with E-state index in [9.17, 15) is 13.2 Å². The van der Waals surface area contributed by atoms with Gasteiger partial charge >= 0.3 is 0 Å². The van der Waals surface area contributed by atoms with E-state index in [0.717, 1.165) is 4.31 Å². The molecule has 3 N–H and O–H groups in total. The maximum Gasteiger partial charge on any atom is 0.243 e. The first-order chi connectivity index (χ1) is 9.86. The fourth-order valence-electron chi connectivity index (χ4n) is 1.78. The molecular formula is C13H20ClN3O3S. The van der Waals surface area contributed by atoms with Crippen LogP contribution in [0.3, 0.4) is 0 Å². The van der Waals surface area contributed by atoms with Crippen molar-refractivity contribution >= 4 is 27.5 Å². The number of nitrogens with one attached hydrogen (secondary N) is 1. The number of hydrogen-bond donors (Lipinski definition) is 2. The number of nitrogens with two attached hydrogens (primary N) is 1. The Bertz CT molecular complexity index is 605. The highest BCUT2D eigenvalue weighted by molar-refractivity contribution is 7.89. The first-order valence-electron chi connectivity index (χ1n) is 6.62. The zero-order chi connectivity index (χ0) is 16.0. The lowest BCUT2D eigenvalue weighted by atomic mass is 10.2. The third-order valence-corrected chi connectivity index (χ3v) is 5.20. The molecule has 118 valence electrons. The Labute approximate surface area is 130 Å². The van der Waals surface area contributed by atoms with E-state index in [1.165, 1.54) is 12.1 Å². The zero-order valence-electron chi connectivity index (χ0n) is 12.1. The Morgan fingerprint density at radius 2 is 2.05 bits per heavy atom. The monoisotopic (exact) mass is 333 g/mol. The molecule has 0 aromatic heterocycles. The van der Waals surface area contributed by atoms with Crippen molar-refractivity contribution in [2.75, 3.05) is 19.6 Å². The summed E-state index contributed by atoms with van der Waals surface area (Å²) in [5, 5.41) is 2.87. The molecule has 8 heteroatoms. The van der Waals surface area contributed by atoms with Gasteiger partial charge in [0.25, 0.3) is 0 Å². The number of sulfonamides is 1. The molecule has 0 aliphatic rings. The minimum atomic E-state index is -3.76. The number of carbonyl (C=O) groups is 1. The van der Waals surface area contributed by atoms with Crippen LogP contribution in [-0.4, -0.2) is 38.3 Å². The molecule has 0 heterocycles. The van der Waals surface area contributed by atoms with Gasteiger partial charge in [-0.3, -0.25) is 4.79 Å². The van der Waals surface area contributed by atoms with Crippen molar-refractivity contribution in [3.8, 4) is 0 Å². The van der Waals surface area contributed by atoms with Crippen LogP contribution in [0.1, 0.15) is 19.4 Å².